The van der Waals surface area contributed by atoms with Crippen molar-refractivity contribution in [2.45, 2.75) is 19.2 Å². The van der Waals surface area contributed by atoms with Crippen molar-refractivity contribution in [3.63, 3.8) is 0 Å². The molecule has 13 heteroatoms. The number of benzene rings is 2. The van der Waals surface area contributed by atoms with Gasteiger partial charge in [0.05, 0.1) is 30.7 Å². The summed E-state index contributed by atoms with van der Waals surface area (Å²) in [6.07, 6.45) is -0.564. The van der Waals surface area contributed by atoms with Gasteiger partial charge in [-0.3, -0.25) is 4.79 Å². The molecule has 29 heavy (non-hydrogen) atoms. The van der Waals surface area contributed by atoms with Gasteiger partial charge in [0.1, 0.15) is 5.56 Å². The van der Waals surface area contributed by atoms with Crippen LogP contribution in [0.15, 0.2) is 0 Å². The molecule has 2 aromatic rings. The molecular formula is C16H5Cl5F6O2. The van der Waals surface area contributed by atoms with Gasteiger partial charge in [-0.15, -0.1) is 0 Å². The van der Waals surface area contributed by atoms with Crippen LogP contribution in [0.1, 0.15) is 24.5 Å². The maximum atomic E-state index is 16.0. The van der Waals surface area contributed by atoms with Crippen molar-refractivity contribution < 1.29 is 35.9 Å². The van der Waals surface area contributed by atoms with Crippen LogP contribution in [0.4, 0.5) is 26.3 Å². The number of carbonyl (C=O) groups is 1. The number of rotatable bonds is 4. The van der Waals surface area contributed by atoms with E-state index in [1.54, 1.807) is 0 Å². The van der Waals surface area contributed by atoms with Gasteiger partial charge >= 0.3 is 11.8 Å². The van der Waals surface area contributed by atoms with E-state index in [-0.39, 0.29) is 0 Å². The summed E-state index contributed by atoms with van der Waals surface area (Å²) in [5, 5.41) is -3.76. The summed E-state index contributed by atoms with van der Waals surface area (Å²) in [5.74, 6) is -18.5. The van der Waals surface area contributed by atoms with Crippen LogP contribution in [-0.2, 0) is 15.4 Å². The average molecular weight is 520 g/mol. The monoisotopic (exact) mass is 518 g/mol. The predicted molar refractivity (Wildman–Crippen MR) is 96.0 cm³/mol. The van der Waals surface area contributed by atoms with Crippen LogP contribution < -0.4 is 0 Å². The van der Waals surface area contributed by atoms with Gasteiger partial charge in [0.25, 0.3) is 0 Å². The molecule has 0 aliphatic rings. The fourth-order valence-corrected chi connectivity index (χ4v) is 3.61. The Morgan fingerprint density at radius 3 is 1.45 bits per heavy atom. The molecule has 2 aromatic carbocycles. The van der Waals surface area contributed by atoms with E-state index in [1.807, 2.05) is 0 Å². The molecule has 0 saturated carbocycles. The second-order valence-electron chi connectivity index (χ2n) is 5.31. The number of alkyl halides is 1. The number of carbonyl (C=O) groups excluding carboxylic acids is 1. The SMILES string of the molecule is CCC(=O)OC(F)(c1c(F)c(F)c(F)c(F)c1F)c1c(Cl)c(Cl)c(Cl)c(Cl)c1Cl. The average Bonchev–Trinajstić information content (AvgIpc) is 2.67. The summed E-state index contributed by atoms with van der Waals surface area (Å²) in [6.45, 7) is 1.16. The fourth-order valence-electron chi connectivity index (χ4n) is 2.23. The number of halogens is 11. The zero-order valence-electron chi connectivity index (χ0n) is 13.7. The molecule has 0 heterocycles. The second kappa shape index (κ2) is 8.59. The first kappa shape index (κ1) is 24.2. The van der Waals surface area contributed by atoms with E-state index < -0.39 is 83.6 Å². The van der Waals surface area contributed by atoms with Gasteiger partial charge in [-0.1, -0.05) is 64.9 Å². The minimum atomic E-state index is -4.22. The van der Waals surface area contributed by atoms with E-state index in [1.165, 1.54) is 0 Å². The molecule has 0 saturated heterocycles. The summed E-state index contributed by atoms with van der Waals surface area (Å²) in [4.78, 5) is 11.7. The molecule has 0 bridgehead atoms. The van der Waals surface area contributed by atoms with Gasteiger partial charge in [0.15, 0.2) is 23.3 Å². The first-order chi connectivity index (χ1) is 13.3. The molecular weight excluding hydrogens is 515 g/mol. The van der Waals surface area contributed by atoms with Crippen molar-refractivity contribution >= 4 is 64.0 Å². The smallest absolute Gasteiger partial charge is 0.312 e. The molecule has 158 valence electrons. The van der Waals surface area contributed by atoms with Crippen LogP contribution in [-0.4, -0.2) is 5.97 Å². The standard InChI is InChI=1S/C16H5Cl5F6O2/c1-2-3(28)29-16(27,4-6(17)8(19)10(21)9(20)7(4)18)5-11(22)13(24)15(26)14(25)12(5)23/h2H2,1H3. The fraction of sp³-hybridized carbons (Fsp3) is 0.188. The molecule has 0 N–H and O–H groups in total. The summed E-state index contributed by atoms with van der Waals surface area (Å²) in [5.41, 5.74) is -3.47. The lowest BCUT2D eigenvalue weighted by atomic mass is 9.96. The zero-order chi connectivity index (χ0) is 22.4. The first-order valence-electron chi connectivity index (χ1n) is 7.25. The van der Waals surface area contributed by atoms with E-state index in [9.17, 15) is 26.7 Å². The maximum absolute atomic E-state index is 16.0. The van der Waals surface area contributed by atoms with Crippen molar-refractivity contribution in [3.05, 3.63) is 65.3 Å². The molecule has 0 amide bonds. The Morgan fingerprint density at radius 1 is 0.724 bits per heavy atom. The van der Waals surface area contributed by atoms with E-state index in [0.29, 0.717) is 0 Å². The van der Waals surface area contributed by atoms with Crippen LogP contribution in [0.2, 0.25) is 25.1 Å². The number of hydrogen-bond donors (Lipinski definition) is 0. The van der Waals surface area contributed by atoms with E-state index in [2.05, 4.69) is 4.74 Å². The lowest BCUT2D eigenvalue weighted by molar-refractivity contribution is -0.175. The van der Waals surface area contributed by atoms with Crippen LogP contribution in [0, 0.1) is 29.1 Å². The number of esters is 1. The van der Waals surface area contributed by atoms with Gasteiger partial charge in [-0.2, -0.15) is 4.39 Å². The molecule has 2 nitrogen and oxygen atoms in total. The highest BCUT2D eigenvalue weighted by Crippen LogP contribution is 2.52. The van der Waals surface area contributed by atoms with Crippen molar-refractivity contribution in [2.75, 3.05) is 0 Å². The lowest BCUT2D eigenvalue weighted by Gasteiger charge is -2.29. The van der Waals surface area contributed by atoms with E-state index in [0.717, 1.165) is 6.92 Å². The van der Waals surface area contributed by atoms with Gasteiger partial charge in [0, 0.05) is 6.42 Å². The highest BCUT2D eigenvalue weighted by Gasteiger charge is 2.50. The minimum Gasteiger partial charge on any atom is -0.419 e. The Bertz CT molecular complexity index is 902. The minimum absolute atomic E-state index is 0.506. The topological polar surface area (TPSA) is 26.3 Å². The Kier molecular flexibility index (Phi) is 7.17. The highest BCUT2D eigenvalue weighted by molar-refractivity contribution is 6.55. The van der Waals surface area contributed by atoms with Crippen molar-refractivity contribution in [1.29, 1.82) is 0 Å². The van der Waals surface area contributed by atoms with Crippen molar-refractivity contribution in [1.82, 2.24) is 0 Å². The molecule has 0 radical (unpaired) electrons. The molecule has 0 aliphatic carbocycles. The second-order valence-corrected chi connectivity index (χ2v) is 7.20. The van der Waals surface area contributed by atoms with Crippen molar-refractivity contribution in [2.24, 2.45) is 0 Å². The van der Waals surface area contributed by atoms with E-state index >= 15 is 4.39 Å². The molecule has 0 spiro atoms. The molecule has 2 rings (SSSR count). The third-order valence-electron chi connectivity index (χ3n) is 3.61. The number of ether oxygens (including phenoxy) is 1. The lowest BCUT2D eigenvalue weighted by Crippen LogP contribution is -2.33. The van der Waals surface area contributed by atoms with Gasteiger partial charge < -0.3 is 4.74 Å². The predicted octanol–water partition coefficient (Wildman–Crippen LogP) is 7.77. The Balaban J connectivity index is 3.08. The Labute approximate surface area is 184 Å². The molecule has 1 atom stereocenters. The van der Waals surface area contributed by atoms with Crippen LogP contribution in [0.25, 0.3) is 0 Å². The van der Waals surface area contributed by atoms with Crippen LogP contribution in [0.3, 0.4) is 0 Å². The van der Waals surface area contributed by atoms with Crippen molar-refractivity contribution in [3.8, 4) is 0 Å². The maximum Gasteiger partial charge on any atom is 0.312 e. The molecule has 0 aromatic heterocycles. The van der Waals surface area contributed by atoms with Crippen LogP contribution >= 0.6 is 58.0 Å². The molecule has 0 aliphatic heterocycles. The third kappa shape index (κ3) is 3.85. The first-order valence-corrected chi connectivity index (χ1v) is 9.14. The van der Waals surface area contributed by atoms with Gasteiger partial charge in [0.2, 0.25) is 5.82 Å². The largest absolute Gasteiger partial charge is 0.419 e. The summed E-state index contributed by atoms with van der Waals surface area (Å²) < 4.78 is 89.9. The quantitative estimate of drug-likeness (QED) is 0.178. The third-order valence-corrected chi connectivity index (χ3v) is 5.88. The summed E-state index contributed by atoms with van der Waals surface area (Å²) in [7, 11) is 0. The normalized spacial score (nSPS) is 13.4. The highest BCUT2D eigenvalue weighted by atomic mass is 35.5. The molecule has 0 fully saturated rings. The Hall–Kier alpha value is -1.06. The van der Waals surface area contributed by atoms with Gasteiger partial charge in [-0.05, 0) is 0 Å². The van der Waals surface area contributed by atoms with E-state index in [4.69, 9.17) is 58.0 Å². The van der Waals surface area contributed by atoms with Gasteiger partial charge in [-0.25, -0.2) is 22.0 Å². The zero-order valence-corrected chi connectivity index (χ0v) is 17.5. The summed E-state index contributed by atoms with van der Waals surface area (Å²) >= 11 is 29.0. The Morgan fingerprint density at radius 2 is 1.07 bits per heavy atom. The summed E-state index contributed by atoms with van der Waals surface area (Å²) in [6, 6.07) is 0. The molecule has 1 unspecified atom stereocenters. The number of hydrogen-bond acceptors (Lipinski definition) is 2. The van der Waals surface area contributed by atoms with Crippen LogP contribution in [0.5, 0.6) is 0 Å².